The van der Waals surface area contributed by atoms with Crippen LogP contribution in [0.5, 0.6) is 0 Å². The van der Waals surface area contributed by atoms with E-state index in [-0.39, 0.29) is 0 Å². The van der Waals surface area contributed by atoms with E-state index in [0.29, 0.717) is 5.92 Å². The van der Waals surface area contributed by atoms with E-state index < -0.39 is 0 Å². The summed E-state index contributed by atoms with van der Waals surface area (Å²) < 4.78 is 0. The molecule has 0 spiro atoms. The van der Waals surface area contributed by atoms with Crippen molar-refractivity contribution in [2.45, 2.75) is 31.6 Å². The molecule has 2 nitrogen and oxygen atoms in total. The molecule has 1 unspecified atom stereocenters. The first-order chi connectivity index (χ1) is 8.76. The Bertz CT molecular complexity index is 311. The molecule has 1 aromatic carbocycles. The number of thioether (sulfide) groups is 1. The van der Waals surface area contributed by atoms with Gasteiger partial charge in [-0.15, -0.1) is 11.8 Å². The highest BCUT2D eigenvalue weighted by molar-refractivity contribution is 7.99. The zero-order valence-electron chi connectivity index (χ0n) is 11.6. The molecule has 0 fully saturated rings. The molecular weight excluding hydrogens is 240 g/mol. The van der Waals surface area contributed by atoms with E-state index in [4.69, 9.17) is 5.73 Å². The number of hydrogen-bond donors (Lipinski definition) is 2. The Balaban J connectivity index is 2.15. The lowest BCUT2D eigenvalue weighted by molar-refractivity contribution is 0.511. The van der Waals surface area contributed by atoms with Crippen molar-refractivity contribution in [3.05, 3.63) is 29.8 Å². The summed E-state index contributed by atoms with van der Waals surface area (Å²) in [5, 5.41) is 3.48. The summed E-state index contributed by atoms with van der Waals surface area (Å²) >= 11 is 1.89. The van der Waals surface area contributed by atoms with E-state index in [9.17, 15) is 0 Å². The molecule has 0 aliphatic heterocycles. The van der Waals surface area contributed by atoms with Crippen molar-refractivity contribution >= 4 is 11.8 Å². The minimum atomic E-state index is 0.628. The van der Waals surface area contributed by atoms with Crippen LogP contribution in [-0.4, -0.2) is 25.4 Å². The second-order valence-electron chi connectivity index (χ2n) is 4.71. The molecule has 1 aromatic rings. The lowest BCUT2D eigenvalue weighted by Gasteiger charge is -2.09. The predicted molar refractivity (Wildman–Crippen MR) is 82.2 cm³/mol. The fourth-order valence-electron chi connectivity index (χ4n) is 1.74. The van der Waals surface area contributed by atoms with Crippen molar-refractivity contribution in [3.8, 4) is 0 Å². The quantitative estimate of drug-likeness (QED) is 0.533. The number of hydrogen-bond acceptors (Lipinski definition) is 3. The molecule has 1 atom stereocenters. The predicted octanol–water partition coefficient (Wildman–Crippen LogP) is 2.92. The van der Waals surface area contributed by atoms with Crippen molar-refractivity contribution < 1.29 is 0 Å². The van der Waals surface area contributed by atoms with Crippen LogP contribution in [0.2, 0.25) is 0 Å². The second kappa shape index (κ2) is 9.42. The SMILES string of the molecule is CCSc1ccc(CCNCCC(C)CN)cc1. The Morgan fingerprint density at radius 1 is 1.22 bits per heavy atom. The van der Waals surface area contributed by atoms with Gasteiger partial charge in [0.25, 0.3) is 0 Å². The molecule has 18 heavy (non-hydrogen) atoms. The van der Waals surface area contributed by atoms with Crippen LogP contribution in [-0.2, 0) is 6.42 Å². The lowest BCUT2D eigenvalue weighted by atomic mass is 10.1. The summed E-state index contributed by atoms with van der Waals surface area (Å²) in [5.41, 5.74) is 7.00. The summed E-state index contributed by atoms with van der Waals surface area (Å²) in [6.45, 7) is 7.30. The molecule has 3 N–H and O–H groups in total. The van der Waals surface area contributed by atoms with Crippen LogP contribution in [0, 0.1) is 5.92 Å². The summed E-state index contributed by atoms with van der Waals surface area (Å²) in [7, 11) is 0. The maximum absolute atomic E-state index is 5.59. The average molecular weight is 266 g/mol. The fourth-order valence-corrected chi connectivity index (χ4v) is 2.40. The zero-order chi connectivity index (χ0) is 13.2. The average Bonchev–Trinajstić information content (AvgIpc) is 2.40. The van der Waals surface area contributed by atoms with Gasteiger partial charge >= 0.3 is 0 Å². The zero-order valence-corrected chi connectivity index (χ0v) is 12.4. The molecule has 0 aliphatic rings. The van der Waals surface area contributed by atoms with Gasteiger partial charge < -0.3 is 11.1 Å². The Kier molecular flexibility index (Phi) is 8.14. The Morgan fingerprint density at radius 3 is 2.56 bits per heavy atom. The molecule has 3 heteroatoms. The minimum absolute atomic E-state index is 0.628. The van der Waals surface area contributed by atoms with Crippen LogP contribution < -0.4 is 11.1 Å². The molecule has 0 saturated heterocycles. The van der Waals surface area contributed by atoms with Crippen molar-refractivity contribution in [3.63, 3.8) is 0 Å². The summed E-state index contributed by atoms with van der Waals surface area (Å²) in [4.78, 5) is 1.37. The van der Waals surface area contributed by atoms with E-state index in [1.54, 1.807) is 0 Å². The third kappa shape index (κ3) is 6.43. The first-order valence-corrected chi connectivity index (χ1v) is 7.87. The van der Waals surface area contributed by atoms with Gasteiger partial charge in [0, 0.05) is 4.90 Å². The van der Waals surface area contributed by atoms with Crippen molar-refractivity contribution in [1.82, 2.24) is 5.32 Å². The van der Waals surface area contributed by atoms with E-state index in [1.807, 2.05) is 11.8 Å². The normalized spacial score (nSPS) is 12.6. The number of nitrogens with one attached hydrogen (secondary N) is 1. The van der Waals surface area contributed by atoms with Gasteiger partial charge in [0.1, 0.15) is 0 Å². The maximum Gasteiger partial charge on any atom is 0.00720 e. The highest BCUT2D eigenvalue weighted by Gasteiger charge is 1.98. The summed E-state index contributed by atoms with van der Waals surface area (Å²) in [6.07, 6.45) is 2.27. The summed E-state index contributed by atoms with van der Waals surface area (Å²) in [5.74, 6) is 1.77. The van der Waals surface area contributed by atoms with Crippen LogP contribution in [0.15, 0.2) is 29.2 Å². The number of nitrogens with two attached hydrogens (primary N) is 1. The smallest absolute Gasteiger partial charge is 0.00720 e. The molecule has 0 saturated carbocycles. The second-order valence-corrected chi connectivity index (χ2v) is 6.04. The van der Waals surface area contributed by atoms with E-state index in [0.717, 1.165) is 31.8 Å². The van der Waals surface area contributed by atoms with Crippen molar-refractivity contribution in [2.75, 3.05) is 25.4 Å². The largest absolute Gasteiger partial charge is 0.330 e. The van der Waals surface area contributed by atoms with Crippen LogP contribution >= 0.6 is 11.8 Å². The third-order valence-electron chi connectivity index (χ3n) is 3.04. The summed E-state index contributed by atoms with van der Waals surface area (Å²) in [6, 6.07) is 8.92. The van der Waals surface area contributed by atoms with Gasteiger partial charge in [0.15, 0.2) is 0 Å². The molecule has 0 aromatic heterocycles. The molecular formula is C15H26N2S. The first kappa shape index (κ1) is 15.5. The van der Waals surface area contributed by atoms with Crippen molar-refractivity contribution in [1.29, 1.82) is 0 Å². The Hall–Kier alpha value is -0.510. The van der Waals surface area contributed by atoms with Crippen molar-refractivity contribution in [2.24, 2.45) is 11.7 Å². The van der Waals surface area contributed by atoms with Crippen LogP contribution in [0.25, 0.3) is 0 Å². The van der Waals surface area contributed by atoms with E-state index >= 15 is 0 Å². The van der Waals surface area contributed by atoms with Gasteiger partial charge in [-0.1, -0.05) is 26.0 Å². The highest BCUT2D eigenvalue weighted by Crippen LogP contribution is 2.17. The van der Waals surface area contributed by atoms with Gasteiger partial charge in [-0.3, -0.25) is 0 Å². The number of benzene rings is 1. The van der Waals surface area contributed by atoms with Gasteiger partial charge in [0.2, 0.25) is 0 Å². The topological polar surface area (TPSA) is 38.0 Å². The molecule has 102 valence electrons. The third-order valence-corrected chi connectivity index (χ3v) is 3.94. The van der Waals surface area contributed by atoms with Gasteiger partial charge in [-0.2, -0.15) is 0 Å². The van der Waals surface area contributed by atoms with E-state index in [2.05, 4.69) is 43.4 Å². The first-order valence-electron chi connectivity index (χ1n) is 6.88. The van der Waals surface area contributed by atoms with Gasteiger partial charge in [-0.05, 0) is 61.8 Å². The lowest BCUT2D eigenvalue weighted by Crippen LogP contribution is -2.22. The molecule has 0 aliphatic carbocycles. The maximum atomic E-state index is 5.59. The molecule has 1 rings (SSSR count). The Morgan fingerprint density at radius 2 is 1.94 bits per heavy atom. The van der Waals surface area contributed by atoms with E-state index in [1.165, 1.54) is 16.9 Å². The molecule has 0 amide bonds. The molecule has 0 heterocycles. The standard InChI is InChI=1S/C15H26N2S/c1-3-18-15-6-4-14(5-7-15)9-11-17-10-8-13(2)12-16/h4-7,13,17H,3,8-12,16H2,1-2H3. The fraction of sp³-hybridized carbons (Fsp3) is 0.600. The van der Waals surface area contributed by atoms with Gasteiger partial charge in [-0.25, -0.2) is 0 Å². The Labute approximate surface area is 116 Å². The number of rotatable bonds is 9. The molecule has 0 radical (unpaired) electrons. The highest BCUT2D eigenvalue weighted by atomic mass is 32.2. The molecule has 0 bridgehead atoms. The van der Waals surface area contributed by atoms with Crippen LogP contribution in [0.1, 0.15) is 25.8 Å². The van der Waals surface area contributed by atoms with Gasteiger partial charge in [0.05, 0.1) is 0 Å². The minimum Gasteiger partial charge on any atom is -0.330 e. The monoisotopic (exact) mass is 266 g/mol. The van der Waals surface area contributed by atoms with Crippen LogP contribution in [0.3, 0.4) is 0 Å². The van der Waals surface area contributed by atoms with Crippen LogP contribution in [0.4, 0.5) is 0 Å².